The highest BCUT2D eigenvalue weighted by atomic mass is 35.5. The zero-order valence-electron chi connectivity index (χ0n) is 16.8. The lowest BCUT2D eigenvalue weighted by Crippen LogP contribution is -2.38. The van der Waals surface area contributed by atoms with Crippen LogP contribution in [-0.2, 0) is 0 Å². The van der Waals surface area contributed by atoms with Crippen molar-refractivity contribution in [2.45, 2.75) is 39.2 Å². The van der Waals surface area contributed by atoms with E-state index in [1.165, 1.54) is 0 Å². The third-order valence-electron chi connectivity index (χ3n) is 5.08. The van der Waals surface area contributed by atoms with E-state index in [1.54, 1.807) is 18.3 Å². The number of anilines is 1. The van der Waals surface area contributed by atoms with Crippen molar-refractivity contribution in [3.05, 3.63) is 46.1 Å². The average molecular weight is 436 g/mol. The minimum Gasteiger partial charge on any atom is -0.394 e. The van der Waals surface area contributed by atoms with Crippen LogP contribution in [-0.4, -0.2) is 41.7 Å². The molecule has 29 heavy (non-hydrogen) atoms. The number of hydrogen-bond acceptors (Lipinski definition) is 4. The van der Waals surface area contributed by atoms with Gasteiger partial charge >= 0.3 is 0 Å². The molecule has 1 unspecified atom stereocenters. The number of pyridine rings is 1. The Bertz CT molecular complexity index is 867. The minimum atomic E-state index is -0.283. The number of benzene rings is 1. The zero-order chi connectivity index (χ0) is 21.0. The SMILES string of the molecule is CC(C)CC(CO)NC(=O)c1cnc(N2CCCC2)c(-c2ccc(Cl)c(Cl)c2)c1. The number of aromatic nitrogens is 1. The van der Waals surface area contributed by atoms with Crippen LogP contribution < -0.4 is 10.2 Å². The number of aliphatic hydroxyl groups excluding tert-OH is 1. The van der Waals surface area contributed by atoms with Gasteiger partial charge in [-0.1, -0.05) is 43.1 Å². The summed E-state index contributed by atoms with van der Waals surface area (Å²) in [6.45, 7) is 5.90. The van der Waals surface area contributed by atoms with Crippen LogP contribution in [0.25, 0.3) is 11.1 Å². The van der Waals surface area contributed by atoms with Crippen molar-refractivity contribution in [2.24, 2.45) is 5.92 Å². The Labute approximate surface area is 182 Å². The predicted octanol–water partition coefficient (Wildman–Crippen LogP) is 4.79. The zero-order valence-corrected chi connectivity index (χ0v) is 18.3. The lowest BCUT2D eigenvalue weighted by Gasteiger charge is -2.22. The summed E-state index contributed by atoms with van der Waals surface area (Å²) in [4.78, 5) is 19.7. The molecule has 0 aliphatic carbocycles. The summed E-state index contributed by atoms with van der Waals surface area (Å²) in [6, 6.07) is 7.01. The van der Waals surface area contributed by atoms with Gasteiger partial charge in [-0.3, -0.25) is 4.79 Å². The molecule has 0 bridgehead atoms. The standard InChI is InChI=1S/C22H27Cl2N3O2/c1-14(2)9-17(13-28)26-22(29)16-10-18(15-5-6-19(23)20(24)11-15)21(25-12-16)27-7-3-4-8-27/h5-6,10-12,14,17,28H,3-4,7-9,13H2,1-2H3,(H,26,29). The Kier molecular flexibility index (Phi) is 7.38. The van der Waals surface area contributed by atoms with Crippen molar-refractivity contribution in [1.29, 1.82) is 0 Å². The van der Waals surface area contributed by atoms with E-state index in [-0.39, 0.29) is 18.6 Å². The highest BCUT2D eigenvalue weighted by Gasteiger charge is 2.21. The van der Waals surface area contributed by atoms with Crippen LogP contribution in [0.4, 0.5) is 5.82 Å². The molecule has 156 valence electrons. The van der Waals surface area contributed by atoms with E-state index in [2.05, 4.69) is 29.0 Å². The summed E-state index contributed by atoms with van der Waals surface area (Å²) in [5.74, 6) is 0.972. The summed E-state index contributed by atoms with van der Waals surface area (Å²) in [6.07, 6.45) is 4.56. The van der Waals surface area contributed by atoms with Crippen LogP contribution in [0.2, 0.25) is 10.0 Å². The first-order valence-electron chi connectivity index (χ1n) is 10.0. The number of carbonyl (C=O) groups is 1. The maximum absolute atomic E-state index is 12.8. The monoisotopic (exact) mass is 435 g/mol. The van der Waals surface area contributed by atoms with Gasteiger partial charge in [0.05, 0.1) is 28.3 Å². The molecule has 5 nitrogen and oxygen atoms in total. The summed E-state index contributed by atoms with van der Waals surface area (Å²) >= 11 is 12.3. The Morgan fingerprint density at radius 1 is 1.21 bits per heavy atom. The van der Waals surface area contributed by atoms with Gasteiger partial charge in [-0.25, -0.2) is 4.98 Å². The smallest absolute Gasteiger partial charge is 0.253 e. The molecule has 3 rings (SSSR count). The molecule has 2 heterocycles. The Morgan fingerprint density at radius 2 is 1.93 bits per heavy atom. The molecule has 7 heteroatoms. The van der Waals surface area contributed by atoms with Gasteiger partial charge in [-0.2, -0.15) is 0 Å². The second-order valence-electron chi connectivity index (χ2n) is 7.90. The van der Waals surface area contributed by atoms with Crippen molar-refractivity contribution < 1.29 is 9.90 Å². The van der Waals surface area contributed by atoms with E-state index < -0.39 is 0 Å². The van der Waals surface area contributed by atoms with Crippen molar-refractivity contribution in [3.63, 3.8) is 0 Å². The predicted molar refractivity (Wildman–Crippen MR) is 119 cm³/mol. The summed E-state index contributed by atoms with van der Waals surface area (Å²) in [5.41, 5.74) is 2.17. The molecule has 0 saturated carbocycles. The van der Waals surface area contributed by atoms with Gasteiger partial charge < -0.3 is 15.3 Å². The first-order chi connectivity index (χ1) is 13.9. The molecule has 1 aliphatic rings. The van der Waals surface area contributed by atoms with E-state index in [9.17, 15) is 9.90 Å². The number of carbonyl (C=O) groups excluding carboxylic acids is 1. The molecule has 1 saturated heterocycles. The van der Waals surface area contributed by atoms with Crippen molar-refractivity contribution in [2.75, 3.05) is 24.6 Å². The highest BCUT2D eigenvalue weighted by Crippen LogP contribution is 2.35. The lowest BCUT2D eigenvalue weighted by molar-refractivity contribution is 0.0908. The van der Waals surface area contributed by atoms with E-state index in [1.807, 2.05) is 12.1 Å². The Balaban J connectivity index is 1.95. The van der Waals surface area contributed by atoms with Gasteiger partial charge in [-0.05, 0) is 48.9 Å². The first kappa shape index (κ1) is 21.9. The van der Waals surface area contributed by atoms with Crippen LogP contribution in [0.3, 0.4) is 0 Å². The number of rotatable bonds is 7. The minimum absolute atomic E-state index is 0.0944. The maximum Gasteiger partial charge on any atom is 0.253 e. The Morgan fingerprint density at radius 3 is 2.55 bits per heavy atom. The third kappa shape index (κ3) is 5.41. The Hall–Kier alpha value is -1.82. The molecule has 0 spiro atoms. The molecule has 1 aromatic heterocycles. The topological polar surface area (TPSA) is 65.5 Å². The molecule has 1 amide bonds. The quantitative estimate of drug-likeness (QED) is 0.655. The number of aliphatic hydroxyl groups is 1. The van der Waals surface area contributed by atoms with E-state index >= 15 is 0 Å². The fraction of sp³-hybridized carbons (Fsp3) is 0.455. The normalized spacial score (nSPS) is 15.0. The van der Waals surface area contributed by atoms with Crippen LogP contribution in [0, 0.1) is 5.92 Å². The number of amides is 1. The number of nitrogens with one attached hydrogen (secondary N) is 1. The van der Waals surface area contributed by atoms with Crippen LogP contribution in [0.5, 0.6) is 0 Å². The fourth-order valence-electron chi connectivity index (χ4n) is 3.66. The average Bonchev–Trinajstić information content (AvgIpc) is 3.23. The van der Waals surface area contributed by atoms with Crippen LogP contribution in [0.15, 0.2) is 30.5 Å². The fourth-order valence-corrected chi connectivity index (χ4v) is 3.95. The molecular weight excluding hydrogens is 409 g/mol. The summed E-state index contributed by atoms with van der Waals surface area (Å²) in [7, 11) is 0. The van der Waals surface area contributed by atoms with Gasteiger partial charge in [0.15, 0.2) is 0 Å². The molecule has 2 aromatic rings. The van der Waals surface area contributed by atoms with Gasteiger partial charge in [0, 0.05) is 24.8 Å². The third-order valence-corrected chi connectivity index (χ3v) is 5.82. The molecule has 1 atom stereocenters. The van der Waals surface area contributed by atoms with Crippen LogP contribution in [0.1, 0.15) is 43.5 Å². The van der Waals surface area contributed by atoms with Gasteiger partial charge in [0.25, 0.3) is 5.91 Å². The second-order valence-corrected chi connectivity index (χ2v) is 8.72. The van der Waals surface area contributed by atoms with E-state index in [0.717, 1.165) is 42.9 Å². The summed E-state index contributed by atoms with van der Waals surface area (Å²) < 4.78 is 0. The summed E-state index contributed by atoms with van der Waals surface area (Å²) in [5, 5.41) is 13.4. The largest absolute Gasteiger partial charge is 0.394 e. The first-order valence-corrected chi connectivity index (χ1v) is 10.8. The van der Waals surface area contributed by atoms with Gasteiger partial charge in [0.1, 0.15) is 5.82 Å². The molecule has 1 fully saturated rings. The lowest BCUT2D eigenvalue weighted by atomic mass is 10.0. The van der Waals surface area contributed by atoms with Crippen molar-refractivity contribution in [3.8, 4) is 11.1 Å². The number of hydrogen-bond donors (Lipinski definition) is 2. The van der Waals surface area contributed by atoms with E-state index in [0.29, 0.717) is 27.9 Å². The van der Waals surface area contributed by atoms with Gasteiger partial charge in [-0.15, -0.1) is 0 Å². The molecular formula is C22H27Cl2N3O2. The molecule has 1 aromatic carbocycles. The number of nitrogens with zero attached hydrogens (tertiary/aromatic N) is 2. The second kappa shape index (κ2) is 9.79. The highest BCUT2D eigenvalue weighted by molar-refractivity contribution is 6.42. The van der Waals surface area contributed by atoms with Crippen LogP contribution >= 0.6 is 23.2 Å². The van der Waals surface area contributed by atoms with E-state index in [4.69, 9.17) is 23.2 Å². The van der Waals surface area contributed by atoms with Crippen molar-refractivity contribution in [1.82, 2.24) is 10.3 Å². The van der Waals surface area contributed by atoms with Crippen molar-refractivity contribution >= 4 is 34.9 Å². The molecule has 2 N–H and O–H groups in total. The molecule has 1 aliphatic heterocycles. The number of halogens is 2. The molecule has 0 radical (unpaired) electrons. The maximum atomic E-state index is 12.8. The van der Waals surface area contributed by atoms with Gasteiger partial charge in [0.2, 0.25) is 0 Å².